The van der Waals surface area contributed by atoms with Crippen molar-refractivity contribution in [3.63, 3.8) is 0 Å². The van der Waals surface area contributed by atoms with Gasteiger partial charge in [0.1, 0.15) is 0 Å². The Bertz CT molecular complexity index is 922. The van der Waals surface area contributed by atoms with E-state index in [1.54, 1.807) is 44.7 Å². The fourth-order valence-electron chi connectivity index (χ4n) is 5.37. The Morgan fingerprint density at radius 3 is 2.30 bits per heavy atom. The molecule has 1 atom stereocenters. The van der Waals surface area contributed by atoms with Crippen molar-refractivity contribution < 1.29 is 49.5 Å². The molecule has 0 saturated carbocycles. The third kappa shape index (κ3) is 3.12. The summed E-state index contributed by atoms with van der Waals surface area (Å²) < 4.78 is 1.62. The number of hydrogen-bond acceptors (Lipinski definition) is 0. The van der Waals surface area contributed by atoms with E-state index in [4.69, 9.17) is 0 Å². The number of fused-ring (bicyclic) bond motifs is 3. The van der Waals surface area contributed by atoms with Crippen molar-refractivity contribution in [1.82, 2.24) is 0 Å². The van der Waals surface area contributed by atoms with Gasteiger partial charge in [-0.15, -0.1) is 0 Å². The van der Waals surface area contributed by atoms with Gasteiger partial charge in [0.15, 0.2) is 0 Å². The summed E-state index contributed by atoms with van der Waals surface area (Å²) >= 11 is 1.58. The molecule has 1 fully saturated rings. The molecule has 0 radical (unpaired) electrons. The monoisotopic (exact) mass is 487 g/mol. The minimum absolute atomic E-state index is 0. The third-order valence-corrected chi connectivity index (χ3v) is 13.9. The van der Waals surface area contributed by atoms with Gasteiger partial charge in [0.25, 0.3) is 0 Å². The summed E-state index contributed by atoms with van der Waals surface area (Å²) in [5.74, 6) is 0. The van der Waals surface area contributed by atoms with Gasteiger partial charge in [-0.3, -0.25) is 0 Å². The van der Waals surface area contributed by atoms with Crippen LogP contribution in [-0.4, -0.2) is 8.07 Å². The molecule has 1 heterocycles. The molecule has 0 N–H and O–H groups in total. The van der Waals surface area contributed by atoms with E-state index in [0.717, 1.165) is 12.0 Å². The molecule has 2 aromatic carbocycles. The van der Waals surface area contributed by atoms with Gasteiger partial charge >= 0.3 is 168 Å². The summed E-state index contributed by atoms with van der Waals surface area (Å²) in [5.41, 5.74) is 10.2. The van der Waals surface area contributed by atoms with Crippen molar-refractivity contribution in [3.8, 4) is 11.1 Å². The minimum Gasteiger partial charge on any atom is -1.00 e. The van der Waals surface area contributed by atoms with Gasteiger partial charge in [-0.25, -0.2) is 0 Å². The summed E-state index contributed by atoms with van der Waals surface area (Å²) in [6.07, 6.45) is 7.36. The minimum atomic E-state index is -1.23. The van der Waals surface area contributed by atoms with Gasteiger partial charge in [-0.2, -0.15) is 0 Å². The second kappa shape index (κ2) is 8.15. The molecule has 1 aliphatic heterocycles. The maximum Gasteiger partial charge on any atom is -1.00 e. The van der Waals surface area contributed by atoms with Crippen LogP contribution in [0.15, 0.2) is 57.9 Å². The zero-order valence-electron chi connectivity index (χ0n) is 15.6. The zero-order valence-corrected chi connectivity index (χ0v) is 20.5. The fraction of sp³-hybridized carbons (Fsp3) is 0.304. The van der Waals surface area contributed by atoms with Gasteiger partial charge in [0, 0.05) is 0 Å². The SMILES string of the molecule is CC[Si]1(C2c3ccccc3-c3cccc(C4=[C]([Zr+2])CC=C4)c32)CCC1.[Cl-].[Cl-]. The molecule has 4 heteroatoms. The number of halogens is 2. The average molecular weight is 490 g/mol. The van der Waals surface area contributed by atoms with Gasteiger partial charge in [-0.05, 0) is 0 Å². The van der Waals surface area contributed by atoms with Crippen molar-refractivity contribution >= 4 is 13.6 Å². The molecule has 2 aromatic rings. The topological polar surface area (TPSA) is 0 Å². The fourth-order valence-corrected chi connectivity index (χ4v) is 11.0. The van der Waals surface area contributed by atoms with E-state index in [9.17, 15) is 0 Å². The average Bonchev–Trinajstić information content (AvgIpc) is 3.17. The largest absolute Gasteiger partial charge is 1.00 e. The van der Waals surface area contributed by atoms with Crippen molar-refractivity contribution in [2.75, 3.05) is 0 Å². The summed E-state index contributed by atoms with van der Waals surface area (Å²) in [6, 6.07) is 20.8. The van der Waals surface area contributed by atoms with Crippen molar-refractivity contribution in [1.29, 1.82) is 0 Å². The molecule has 27 heavy (non-hydrogen) atoms. The number of benzene rings is 2. The Hall–Kier alpha value is -0.400. The quantitative estimate of drug-likeness (QED) is 0.549. The Morgan fingerprint density at radius 2 is 1.67 bits per heavy atom. The second-order valence-electron chi connectivity index (χ2n) is 7.86. The molecule has 0 nitrogen and oxygen atoms in total. The van der Waals surface area contributed by atoms with Crippen LogP contribution in [0.4, 0.5) is 0 Å². The third-order valence-electron chi connectivity index (χ3n) is 6.84. The van der Waals surface area contributed by atoms with E-state index >= 15 is 0 Å². The first-order valence-electron chi connectivity index (χ1n) is 9.59. The van der Waals surface area contributed by atoms with Crippen LogP contribution >= 0.6 is 0 Å². The molecule has 0 bridgehead atoms. The molecule has 2 aliphatic carbocycles. The Labute approximate surface area is 191 Å². The predicted molar refractivity (Wildman–Crippen MR) is 105 cm³/mol. The van der Waals surface area contributed by atoms with E-state index in [2.05, 4.69) is 61.5 Å². The molecule has 0 spiro atoms. The predicted octanol–water partition coefficient (Wildman–Crippen LogP) is 0.436. The second-order valence-corrected chi connectivity index (χ2v) is 14.3. The Balaban J connectivity index is 0.00000105. The summed E-state index contributed by atoms with van der Waals surface area (Å²) in [7, 11) is -1.23. The van der Waals surface area contributed by atoms with Gasteiger partial charge in [0.2, 0.25) is 0 Å². The Morgan fingerprint density at radius 1 is 0.963 bits per heavy atom. The van der Waals surface area contributed by atoms with Crippen LogP contribution in [0.3, 0.4) is 0 Å². The maximum absolute atomic E-state index is 2.47. The maximum atomic E-state index is 2.47. The smallest absolute Gasteiger partial charge is 1.00 e. The molecule has 3 aliphatic rings. The van der Waals surface area contributed by atoms with Crippen molar-refractivity contribution in [2.24, 2.45) is 0 Å². The molecular weight excluding hydrogens is 466 g/mol. The normalized spacial score (nSPS) is 21.1. The summed E-state index contributed by atoms with van der Waals surface area (Å²) in [6.45, 7) is 2.47. The first-order valence-corrected chi connectivity index (χ1v) is 13.5. The van der Waals surface area contributed by atoms with Gasteiger partial charge in [-0.1, -0.05) is 0 Å². The van der Waals surface area contributed by atoms with E-state index in [1.807, 2.05) is 0 Å². The number of hydrogen-bond donors (Lipinski definition) is 0. The molecule has 0 amide bonds. The van der Waals surface area contributed by atoms with Crippen LogP contribution in [0.2, 0.25) is 18.1 Å². The number of rotatable bonds is 3. The molecule has 1 saturated heterocycles. The standard InChI is InChI=1S/C23H23Si.2ClH.Zr/c1-2-24(15-8-16-24)23-21-12-6-5-11-19(21)20-14-7-13-18(22(20)23)17-9-3-4-10-17;;;/h3,5-7,9,11-14,23H,2,4,8,15-16H2,1H3;2*1H;/q;;;+2/p-2. The van der Waals surface area contributed by atoms with E-state index < -0.39 is 8.07 Å². The first-order chi connectivity index (χ1) is 12.2. The molecule has 0 aromatic heterocycles. The van der Waals surface area contributed by atoms with Crippen molar-refractivity contribution in [3.05, 3.63) is 74.6 Å². The van der Waals surface area contributed by atoms with Crippen LogP contribution in [0.1, 0.15) is 42.0 Å². The van der Waals surface area contributed by atoms with Crippen LogP contribution in [0, 0.1) is 0 Å². The molecule has 5 rings (SSSR count). The van der Waals surface area contributed by atoms with E-state index in [-0.39, 0.29) is 24.8 Å². The molecule has 1 unspecified atom stereocenters. The summed E-state index contributed by atoms with van der Waals surface area (Å²) in [4.78, 5) is 0. The number of allylic oxidation sites excluding steroid dienone is 4. The van der Waals surface area contributed by atoms with E-state index in [0.29, 0.717) is 0 Å². The van der Waals surface area contributed by atoms with Crippen LogP contribution in [-0.2, 0) is 24.7 Å². The summed E-state index contributed by atoms with van der Waals surface area (Å²) in [5, 5.41) is 0. The van der Waals surface area contributed by atoms with Crippen molar-refractivity contribution in [2.45, 2.75) is 43.4 Å². The van der Waals surface area contributed by atoms with Crippen LogP contribution in [0.25, 0.3) is 16.7 Å². The molecular formula is C23H23Cl2SiZr. The Kier molecular flexibility index (Phi) is 6.43. The zero-order chi connectivity index (χ0) is 17.0. The van der Waals surface area contributed by atoms with Crippen LogP contribution < -0.4 is 24.8 Å². The molecule has 137 valence electrons. The first kappa shape index (κ1) is 21.3. The van der Waals surface area contributed by atoms with Gasteiger partial charge < -0.3 is 24.8 Å². The van der Waals surface area contributed by atoms with E-state index in [1.165, 1.54) is 41.3 Å². The van der Waals surface area contributed by atoms with Crippen LogP contribution in [0.5, 0.6) is 0 Å². The van der Waals surface area contributed by atoms with Gasteiger partial charge in [0.05, 0.1) is 0 Å².